The van der Waals surface area contributed by atoms with Gasteiger partial charge in [0.25, 0.3) is 0 Å². The van der Waals surface area contributed by atoms with Crippen LogP contribution in [-0.4, -0.2) is 28.2 Å². The Kier molecular flexibility index (Phi) is 2.46. The van der Waals surface area contributed by atoms with E-state index in [9.17, 15) is 0 Å². The Morgan fingerprint density at radius 2 is 2.57 bits per heavy atom. The summed E-state index contributed by atoms with van der Waals surface area (Å²) in [5, 5.41) is 6.88. The fraction of sp³-hybridized carbons (Fsp3) is 0.700. The first-order chi connectivity index (χ1) is 6.70. The molecule has 1 unspecified atom stereocenters. The first-order valence-corrected chi connectivity index (χ1v) is 5.16. The summed E-state index contributed by atoms with van der Waals surface area (Å²) in [6.45, 7) is 4.34. The Morgan fingerprint density at radius 1 is 1.71 bits per heavy atom. The van der Waals surface area contributed by atoms with Crippen LogP contribution in [0.1, 0.15) is 19.8 Å². The molecule has 4 heteroatoms. The molecule has 78 valence electrons. The molecule has 2 N–H and O–H groups in total. The van der Waals surface area contributed by atoms with Crippen molar-refractivity contribution in [1.29, 1.82) is 0 Å². The van der Waals surface area contributed by atoms with Gasteiger partial charge in [-0.2, -0.15) is 0 Å². The Hall–Kier alpha value is -1.03. The van der Waals surface area contributed by atoms with E-state index in [1.807, 2.05) is 24.0 Å². The van der Waals surface area contributed by atoms with Crippen molar-refractivity contribution >= 4 is 5.95 Å². The lowest BCUT2D eigenvalue weighted by Crippen LogP contribution is -2.43. The van der Waals surface area contributed by atoms with Crippen LogP contribution in [0, 0.1) is 0 Å². The third kappa shape index (κ3) is 1.90. The van der Waals surface area contributed by atoms with E-state index in [4.69, 9.17) is 0 Å². The zero-order valence-electron chi connectivity index (χ0n) is 8.88. The molecule has 1 aromatic heterocycles. The van der Waals surface area contributed by atoms with E-state index < -0.39 is 0 Å². The van der Waals surface area contributed by atoms with Gasteiger partial charge in [-0.15, -0.1) is 0 Å². The van der Waals surface area contributed by atoms with Gasteiger partial charge in [0.05, 0.1) is 0 Å². The van der Waals surface area contributed by atoms with Gasteiger partial charge in [-0.05, 0) is 26.3 Å². The number of aromatic nitrogens is 2. The summed E-state index contributed by atoms with van der Waals surface area (Å²) in [6, 6.07) is 0. The molecule has 1 atom stereocenters. The van der Waals surface area contributed by atoms with Crippen LogP contribution in [0.2, 0.25) is 0 Å². The van der Waals surface area contributed by atoms with Crippen molar-refractivity contribution in [3.63, 3.8) is 0 Å². The van der Waals surface area contributed by atoms with Crippen LogP contribution < -0.4 is 10.6 Å². The summed E-state index contributed by atoms with van der Waals surface area (Å²) in [4.78, 5) is 4.23. The lowest BCUT2D eigenvalue weighted by Gasteiger charge is -2.24. The average Bonchev–Trinajstić information content (AvgIpc) is 2.73. The highest BCUT2D eigenvalue weighted by Crippen LogP contribution is 2.18. The monoisotopic (exact) mass is 194 g/mol. The van der Waals surface area contributed by atoms with Crippen LogP contribution >= 0.6 is 0 Å². The Morgan fingerprint density at radius 3 is 3.14 bits per heavy atom. The molecule has 0 saturated carbocycles. The summed E-state index contributed by atoms with van der Waals surface area (Å²) in [7, 11) is 2.00. The molecule has 0 spiro atoms. The molecule has 14 heavy (non-hydrogen) atoms. The van der Waals surface area contributed by atoms with Crippen LogP contribution in [-0.2, 0) is 7.05 Å². The number of aryl methyl sites for hydroxylation is 1. The maximum absolute atomic E-state index is 4.23. The van der Waals surface area contributed by atoms with Crippen molar-refractivity contribution in [2.45, 2.75) is 25.3 Å². The molecule has 2 rings (SSSR count). The van der Waals surface area contributed by atoms with Gasteiger partial charge >= 0.3 is 0 Å². The molecule has 0 radical (unpaired) electrons. The number of rotatable bonds is 3. The molecular weight excluding hydrogens is 176 g/mol. The fourth-order valence-electron chi connectivity index (χ4n) is 1.92. The van der Waals surface area contributed by atoms with Crippen LogP contribution in [0.3, 0.4) is 0 Å². The zero-order chi connectivity index (χ0) is 10.0. The molecule has 4 nitrogen and oxygen atoms in total. The maximum Gasteiger partial charge on any atom is 0.202 e. The second-order valence-corrected chi connectivity index (χ2v) is 4.31. The predicted octanol–water partition coefficient (Wildman–Crippen LogP) is 0.974. The van der Waals surface area contributed by atoms with E-state index in [0.717, 1.165) is 19.0 Å². The topological polar surface area (TPSA) is 41.9 Å². The second kappa shape index (κ2) is 3.61. The van der Waals surface area contributed by atoms with Crippen LogP contribution in [0.25, 0.3) is 0 Å². The number of nitrogens with one attached hydrogen (secondary N) is 2. The molecule has 1 aliphatic heterocycles. The van der Waals surface area contributed by atoms with Gasteiger partial charge < -0.3 is 15.2 Å². The molecule has 0 aromatic carbocycles. The maximum atomic E-state index is 4.23. The normalized spacial score (nSPS) is 26.7. The number of imidazole rings is 1. The van der Waals surface area contributed by atoms with Crippen LogP contribution in [0.15, 0.2) is 12.4 Å². The molecule has 1 saturated heterocycles. The largest absolute Gasteiger partial charge is 0.354 e. The fourth-order valence-corrected chi connectivity index (χ4v) is 1.92. The minimum atomic E-state index is 0.242. The van der Waals surface area contributed by atoms with Gasteiger partial charge in [-0.25, -0.2) is 4.98 Å². The standard InChI is InChI=1S/C10H18N4/c1-10(4-3-5-13-10)8-12-9-11-6-7-14(9)2/h6-7,13H,3-5,8H2,1-2H3,(H,11,12). The smallest absolute Gasteiger partial charge is 0.202 e. The molecule has 0 bridgehead atoms. The first-order valence-electron chi connectivity index (χ1n) is 5.16. The lowest BCUT2D eigenvalue weighted by atomic mass is 10.0. The molecule has 1 fully saturated rings. The average molecular weight is 194 g/mol. The third-order valence-electron chi connectivity index (χ3n) is 2.91. The molecular formula is C10H18N4. The van der Waals surface area contributed by atoms with E-state index in [0.29, 0.717) is 0 Å². The third-order valence-corrected chi connectivity index (χ3v) is 2.91. The number of hydrogen-bond donors (Lipinski definition) is 2. The van der Waals surface area contributed by atoms with Crippen molar-refractivity contribution < 1.29 is 0 Å². The van der Waals surface area contributed by atoms with Crippen molar-refractivity contribution in [3.8, 4) is 0 Å². The van der Waals surface area contributed by atoms with Crippen LogP contribution in [0.4, 0.5) is 5.95 Å². The Labute approximate surface area is 84.7 Å². The van der Waals surface area contributed by atoms with Gasteiger partial charge in [0.15, 0.2) is 0 Å². The predicted molar refractivity (Wildman–Crippen MR) is 57.3 cm³/mol. The number of anilines is 1. The summed E-state index contributed by atoms with van der Waals surface area (Å²) >= 11 is 0. The van der Waals surface area contributed by atoms with E-state index in [-0.39, 0.29) is 5.54 Å². The zero-order valence-corrected chi connectivity index (χ0v) is 8.88. The lowest BCUT2D eigenvalue weighted by molar-refractivity contribution is 0.437. The number of hydrogen-bond acceptors (Lipinski definition) is 3. The SMILES string of the molecule is Cn1ccnc1NCC1(C)CCCN1. The van der Waals surface area contributed by atoms with Crippen LogP contribution in [0.5, 0.6) is 0 Å². The quantitative estimate of drug-likeness (QED) is 0.753. The van der Waals surface area contributed by atoms with E-state index >= 15 is 0 Å². The Bertz CT molecular complexity index is 299. The van der Waals surface area contributed by atoms with Crippen molar-refractivity contribution in [3.05, 3.63) is 12.4 Å². The number of nitrogens with zero attached hydrogens (tertiary/aromatic N) is 2. The summed E-state index contributed by atoms with van der Waals surface area (Å²) in [6.07, 6.45) is 6.28. The van der Waals surface area contributed by atoms with E-state index in [1.54, 1.807) is 0 Å². The van der Waals surface area contributed by atoms with Gasteiger partial charge in [-0.1, -0.05) is 0 Å². The molecule has 1 aromatic rings. The van der Waals surface area contributed by atoms with Gasteiger partial charge in [0, 0.05) is 31.5 Å². The summed E-state index contributed by atoms with van der Waals surface area (Å²) in [5.74, 6) is 0.944. The van der Waals surface area contributed by atoms with Gasteiger partial charge in [0.1, 0.15) is 0 Å². The highest BCUT2D eigenvalue weighted by Gasteiger charge is 2.27. The van der Waals surface area contributed by atoms with Crippen molar-refractivity contribution in [2.75, 3.05) is 18.4 Å². The molecule has 2 heterocycles. The second-order valence-electron chi connectivity index (χ2n) is 4.31. The molecule has 0 aliphatic carbocycles. The Balaban J connectivity index is 1.91. The first kappa shape index (κ1) is 9.52. The summed E-state index contributed by atoms with van der Waals surface area (Å²) < 4.78 is 2.00. The van der Waals surface area contributed by atoms with Crippen molar-refractivity contribution in [2.24, 2.45) is 7.05 Å². The highest BCUT2D eigenvalue weighted by atomic mass is 15.2. The van der Waals surface area contributed by atoms with Gasteiger partial charge in [0.2, 0.25) is 5.95 Å². The highest BCUT2D eigenvalue weighted by molar-refractivity contribution is 5.26. The van der Waals surface area contributed by atoms with E-state index in [1.165, 1.54) is 12.8 Å². The van der Waals surface area contributed by atoms with Gasteiger partial charge in [-0.3, -0.25) is 0 Å². The minimum Gasteiger partial charge on any atom is -0.354 e. The molecule has 0 amide bonds. The summed E-state index contributed by atoms with van der Waals surface area (Å²) in [5.41, 5.74) is 0.242. The van der Waals surface area contributed by atoms with E-state index in [2.05, 4.69) is 22.5 Å². The molecule has 1 aliphatic rings. The minimum absolute atomic E-state index is 0.242. The van der Waals surface area contributed by atoms with Crippen molar-refractivity contribution in [1.82, 2.24) is 14.9 Å².